The van der Waals surface area contributed by atoms with Gasteiger partial charge in [-0.25, -0.2) is 14.8 Å². The summed E-state index contributed by atoms with van der Waals surface area (Å²) in [6.45, 7) is 5.23. The Hall–Kier alpha value is -2.29. The van der Waals surface area contributed by atoms with Gasteiger partial charge in [-0.15, -0.1) is 0 Å². The zero-order chi connectivity index (χ0) is 21.0. The molecule has 0 bridgehead atoms. The third-order valence-corrected chi connectivity index (χ3v) is 5.08. The SMILES string of the molecule is CCCN(CO)C(=O)N(c1cc(CC)nn1C)N1CC(Oc2ccc(Cl)cc2)C1. The lowest BCUT2D eigenvalue weighted by molar-refractivity contribution is 0.0107. The standard InChI is InChI=1S/C20H28ClN5O3/c1-4-10-24(14-27)20(28)26(19-11-16(5-2)22-23(19)3)25-12-18(13-25)29-17-8-6-15(21)7-9-17/h6-9,11,18,27H,4-5,10,12-14H2,1-3H3. The fourth-order valence-corrected chi connectivity index (χ4v) is 3.37. The van der Waals surface area contributed by atoms with Crippen molar-refractivity contribution in [1.29, 1.82) is 0 Å². The van der Waals surface area contributed by atoms with Crippen molar-refractivity contribution in [3.8, 4) is 5.75 Å². The van der Waals surface area contributed by atoms with Crippen LogP contribution in [0.15, 0.2) is 30.3 Å². The molecule has 8 nitrogen and oxygen atoms in total. The lowest BCUT2D eigenvalue weighted by Crippen LogP contribution is -2.65. The van der Waals surface area contributed by atoms with E-state index in [0.29, 0.717) is 30.5 Å². The summed E-state index contributed by atoms with van der Waals surface area (Å²) < 4.78 is 7.67. The molecule has 1 aromatic heterocycles. The molecule has 2 amide bonds. The maximum absolute atomic E-state index is 13.2. The van der Waals surface area contributed by atoms with Crippen LogP contribution < -0.4 is 9.75 Å². The minimum Gasteiger partial charge on any atom is -0.488 e. The van der Waals surface area contributed by atoms with E-state index in [-0.39, 0.29) is 18.9 Å². The highest BCUT2D eigenvalue weighted by Crippen LogP contribution is 2.26. The van der Waals surface area contributed by atoms with Gasteiger partial charge >= 0.3 is 6.03 Å². The van der Waals surface area contributed by atoms with Gasteiger partial charge in [-0.2, -0.15) is 5.10 Å². The zero-order valence-electron chi connectivity index (χ0n) is 17.1. The number of hydrazine groups is 1. The number of halogens is 1. The number of hydrogen-bond acceptors (Lipinski definition) is 5. The van der Waals surface area contributed by atoms with Gasteiger partial charge in [0, 0.05) is 24.7 Å². The maximum Gasteiger partial charge on any atom is 0.342 e. The van der Waals surface area contributed by atoms with Crippen molar-refractivity contribution >= 4 is 23.4 Å². The molecule has 0 radical (unpaired) electrons. The quantitative estimate of drug-likeness (QED) is 0.663. The van der Waals surface area contributed by atoms with Gasteiger partial charge in [0.2, 0.25) is 0 Å². The largest absolute Gasteiger partial charge is 0.488 e. The van der Waals surface area contributed by atoms with Crippen LogP contribution in [-0.2, 0) is 13.5 Å². The lowest BCUT2D eigenvalue weighted by atomic mass is 10.2. The molecule has 0 spiro atoms. The Morgan fingerprint density at radius 1 is 1.31 bits per heavy atom. The summed E-state index contributed by atoms with van der Waals surface area (Å²) in [7, 11) is 1.82. The number of aliphatic hydroxyl groups is 1. The lowest BCUT2D eigenvalue weighted by Gasteiger charge is -2.45. The van der Waals surface area contributed by atoms with E-state index in [2.05, 4.69) is 5.10 Å². The average Bonchev–Trinajstić information content (AvgIpc) is 3.06. The molecule has 1 aromatic carbocycles. The molecule has 2 aromatic rings. The molecule has 1 aliphatic rings. The molecule has 1 saturated heterocycles. The van der Waals surface area contributed by atoms with Gasteiger partial charge in [-0.3, -0.25) is 4.68 Å². The Morgan fingerprint density at radius 2 is 2.00 bits per heavy atom. The predicted octanol–water partition coefficient (Wildman–Crippen LogP) is 2.90. The molecule has 1 aliphatic heterocycles. The highest BCUT2D eigenvalue weighted by Gasteiger charge is 2.39. The van der Waals surface area contributed by atoms with Crippen LogP contribution in [0.3, 0.4) is 0 Å². The normalized spacial score (nSPS) is 14.5. The second kappa shape index (κ2) is 9.47. The molecular formula is C20H28ClN5O3. The monoisotopic (exact) mass is 421 g/mol. The summed E-state index contributed by atoms with van der Waals surface area (Å²) >= 11 is 5.92. The molecule has 1 N–H and O–H groups in total. The van der Waals surface area contributed by atoms with E-state index in [4.69, 9.17) is 16.3 Å². The fourth-order valence-electron chi connectivity index (χ4n) is 3.24. The van der Waals surface area contributed by atoms with Gasteiger partial charge in [0.05, 0.1) is 18.8 Å². The van der Waals surface area contributed by atoms with Crippen LogP contribution in [0.4, 0.5) is 10.6 Å². The molecule has 0 aliphatic carbocycles. The number of aliphatic hydroxyl groups excluding tert-OH is 1. The predicted molar refractivity (Wildman–Crippen MR) is 112 cm³/mol. The zero-order valence-corrected chi connectivity index (χ0v) is 17.8. The Labute approximate surface area is 176 Å². The number of benzene rings is 1. The summed E-state index contributed by atoms with van der Waals surface area (Å²) in [5.74, 6) is 1.42. The number of carbonyl (C=O) groups excluding carboxylic acids is 1. The molecule has 2 heterocycles. The van der Waals surface area contributed by atoms with E-state index in [0.717, 1.165) is 24.3 Å². The van der Waals surface area contributed by atoms with Crippen molar-refractivity contribution < 1.29 is 14.6 Å². The van der Waals surface area contributed by atoms with Crippen molar-refractivity contribution in [2.75, 3.05) is 31.4 Å². The van der Waals surface area contributed by atoms with E-state index in [1.807, 2.05) is 44.1 Å². The van der Waals surface area contributed by atoms with Crippen molar-refractivity contribution in [2.24, 2.45) is 7.05 Å². The van der Waals surface area contributed by atoms with Gasteiger partial charge in [-0.1, -0.05) is 25.4 Å². The molecule has 29 heavy (non-hydrogen) atoms. The minimum absolute atomic E-state index is 0.0425. The van der Waals surface area contributed by atoms with E-state index in [9.17, 15) is 9.90 Å². The number of hydrogen-bond donors (Lipinski definition) is 1. The molecule has 0 saturated carbocycles. The van der Waals surface area contributed by atoms with Crippen molar-refractivity contribution in [2.45, 2.75) is 32.8 Å². The first-order valence-corrected chi connectivity index (χ1v) is 10.2. The van der Waals surface area contributed by atoms with E-state index < -0.39 is 0 Å². The van der Waals surface area contributed by atoms with Gasteiger partial charge < -0.3 is 14.7 Å². The second-order valence-corrected chi connectivity index (χ2v) is 7.47. The Kier molecular flexibility index (Phi) is 7.00. The van der Waals surface area contributed by atoms with Crippen LogP contribution in [0, 0.1) is 0 Å². The van der Waals surface area contributed by atoms with E-state index in [1.165, 1.54) is 4.90 Å². The highest BCUT2D eigenvalue weighted by molar-refractivity contribution is 6.30. The summed E-state index contributed by atoms with van der Waals surface area (Å²) in [5.41, 5.74) is 0.904. The highest BCUT2D eigenvalue weighted by atomic mass is 35.5. The number of nitrogens with zero attached hydrogens (tertiary/aromatic N) is 5. The summed E-state index contributed by atoms with van der Waals surface area (Å²) in [6, 6.07) is 8.87. The van der Waals surface area contributed by atoms with Crippen molar-refractivity contribution in [1.82, 2.24) is 19.7 Å². The Balaban J connectivity index is 1.76. The van der Waals surface area contributed by atoms with Gasteiger partial charge in [0.1, 0.15) is 18.6 Å². The van der Waals surface area contributed by atoms with Gasteiger partial charge in [-0.05, 0) is 37.1 Å². The topological polar surface area (TPSA) is 74.1 Å². The number of amides is 2. The second-order valence-electron chi connectivity index (χ2n) is 7.04. The molecule has 0 unspecified atom stereocenters. The molecule has 9 heteroatoms. The van der Waals surface area contributed by atoms with Crippen molar-refractivity contribution in [3.05, 3.63) is 41.0 Å². The van der Waals surface area contributed by atoms with Crippen molar-refractivity contribution in [3.63, 3.8) is 0 Å². The number of carbonyl (C=O) groups is 1. The van der Waals surface area contributed by atoms with Crippen LogP contribution in [0.1, 0.15) is 26.0 Å². The molecule has 1 fully saturated rings. The Morgan fingerprint density at radius 3 is 2.55 bits per heavy atom. The van der Waals surface area contributed by atoms with Crippen LogP contribution in [0.5, 0.6) is 5.75 Å². The summed E-state index contributed by atoms with van der Waals surface area (Å²) in [5, 5.41) is 18.3. The maximum atomic E-state index is 13.2. The van der Waals surface area contributed by atoms with E-state index >= 15 is 0 Å². The smallest absolute Gasteiger partial charge is 0.342 e. The molecule has 0 atom stereocenters. The number of anilines is 1. The number of rotatable bonds is 8. The van der Waals surface area contributed by atoms with Gasteiger partial charge in [0.15, 0.2) is 5.82 Å². The fraction of sp³-hybridized carbons (Fsp3) is 0.500. The summed E-state index contributed by atoms with van der Waals surface area (Å²) in [6.07, 6.45) is 1.49. The molecular weight excluding hydrogens is 394 g/mol. The van der Waals surface area contributed by atoms with Crippen LogP contribution in [0.2, 0.25) is 5.02 Å². The minimum atomic E-state index is -0.333. The third kappa shape index (κ3) is 4.83. The molecule has 3 rings (SSSR count). The van der Waals surface area contributed by atoms with Gasteiger partial charge in [0.25, 0.3) is 0 Å². The summed E-state index contributed by atoms with van der Waals surface area (Å²) in [4.78, 5) is 14.6. The van der Waals surface area contributed by atoms with Crippen LogP contribution >= 0.6 is 11.6 Å². The Bertz CT molecular complexity index is 820. The first-order valence-electron chi connectivity index (χ1n) is 9.86. The number of urea groups is 1. The number of ether oxygens (including phenoxy) is 1. The van der Waals surface area contributed by atoms with E-state index in [1.54, 1.807) is 21.8 Å². The first-order chi connectivity index (χ1) is 14.0. The van der Waals surface area contributed by atoms with Crippen LogP contribution in [-0.4, -0.2) is 63.3 Å². The number of aryl methyl sites for hydroxylation is 2. The molecule has 158 valence electrons. The first kappa shape index (κ1) is 21.4. The van der Waals surface area contributed by atoms with Crippen LogP contribution in [0.25, 0.3) is 0 Å². The third-order valence-electron chi connectivity index (χ3n) is 4.83. The average molecular weight is 422 g/mol. The number of aromatic nitrogens is 2.